The zero-order chi connectivity index (χ0) is 25.5. The molecular formula is C29H26ClNO5. The molecule has 0 unspecified atom stereocenters. The van der Waals surface area contributed by atoms with Gasteiger partial charge in [-0.05, 0) is 53.6 Å². The van der Waals surface area contributed by atoms with Crippen molar-refractivity contribution in [3.63, 3.8) is 0 Å². The number of nitrogens with zero attached hydrogens (tertiary/aromatic N) is 1. The smallest absolute Gasteiger partial charge is 0.335 e. The molecule has 1 N–H and O–H groups in total. The van der Waals surface area contributed by atoms with Gasteiger partial charge in [0, 0.05) is 5.92 Å². The van der Waals surface area contributed by atoms with E-state index >= 15 is 0 Å². The fourth-order valence-corrected chi connectivity index (χ4v) is 3.83. The second kappa shape index (κ2) is 11.6. The van der Waals surface area contributed by atoms with Crippen LogP contribution in [0.1, 0.15) is 58.3 Å². The van der Waals surface area contributed by atoms with Crippen molar-refractivity contribution in [1.29, 1.82) is 0 Å². The summed E-state index contributed by atoms with van der Waals surface area (Å²) in [5, 5.41) is 13.9. The second-order valence-corrected chi connectivity index (χ2v) is 8.87. The molecule has 0 aliphatic rings. The summed E-state index contributed by atoms with van der Waals surface area (Å²) in [6, 6.07) is 21.7. The molecule has 0 spiro atoms. The number of hydrogen-bond acceptors (Lipinski definition) is 5. The van der Waals surface area contributed by atoms with Gasteiger partial charge in [-0.15, -0.1) is 0 Å². The zero-order valence-corrected chi connectivity index (χ0v) is 20.7. The molecule has 0 saturated carbocycles. The molecule has 6 nitrogen and oxygen atoms in total. The summed E-state index contributed by atoms with van der Waals surface area (Å²) in [5.41, 5.74) is 3.34. The van der Waals surface area contributed by atoms with Gasteiger partial charge in [-0.3, -0.25) is 0 Å². The summed E-state index contributed by atoms with van der Waals surface area (Å²) >= 11 is 6.49. The van der Waals surface area contributed by atoms with Crippen LogP contribution in [-0.4, -0.2) is 16.2 Å². The maximum absolute atomic E-state index is 11.2. The van der Waals surface area contributed by atoms with Gasteiger partial charge in [0.15, 0.2) is 0 Å². The number of halogens is 1. The van der Waals surface area contributed by atoms with Crippen molar-refractivity contribution < 1.29 is 23.9 Å². The highest BCUT2D eigenvalue weighted by atomic mass is 35.5. The van der Waals surface area contributed by atoms with Crippen molar-refractivity contribution in [3.8, 4) is 11.5 Å². The Morgan fingerprint density at radius 2 is 1.75 bits per heavy atom. The first-order valence-corrected chi connectivity index (χ1v) is 11.9. The maximum Gasteiger partial charge on any atom is 0.335 e. The second-order valence-electron chi connectivity index (χ2n) is 8.46. The van der Waals surface area contributed by atoms with Crippen LogP contribution in [0.2, 0.25) is 5.02 Å². The van der Waals surface area contributed by atoms with Gasteiger partial charge in [-0.2, -0.15) is 0 Å². The van der Waals surface area contributed by atoms with Crippen LogP contribution in [0.25, 0.3) is 12.2 Å². The fourth-order valence-electron chi connectivity index (χ4n) is 3.60. The van der Waals surface area contributed by atoms with Crippen molar-refractivity contribution in [3.05, 3.63) is 112 Å². The van der Waals surface area contributed by atoms with E-state index in [1.54, 1.807) is 24.3 Å². The van der Waals surface area contributed by atoms with E-state index in [1.165, 1.54) is 0 Å². The molecule has 0 aliphatic carbocycles. The molecule has 0 radical (unpaired) electrons. The molecule has 3 aromatic carbocycles. The number of aromatic nitrogens is 1. The quantitative estimate of drug-likeness (QED) is 0.226. The van der Waals surface area contributed by atoms with E-state index in [4.69, 9.17) is 30.7 Å². The van der Waals surface area contributed by atoms with Gasteiger partial charge in [0.2, 0.25) is 0 Å². The SMILES string of the molecule is CC(C)c1onc(COc2ccccc2)c1COc1ccc(/C=C/c2cccc(C(=O)O)c2)c(Cl)c1. The van der Waals surface area contributed by atoms with Crippen LogP contribution in [0.5, 0.6) is 11.5 Å². The number of hydrogen-bond donors (Lipinski definition) is 1. The van der Waals surface area contributed by atoms with Gasteiger partial charge in [0.1, 0.15) is 36.2 Å². The topological polar surface area (TPSA) is 81.8 Å². The fraction of sp³-hybridized carbons (Fsp3) is 0.172. The van der Waals surface area contributed by atoms with Gasteiger partial charge in [-0.1, -0.05) is 73.1 Å². The minimum Gasteiger partial charge on any atom is -0.489 e. The van der Waals surface area contributed by atoms with Crippen molar-refractivity contribution in [2.45, 2.75) is 33.0 Å². The van der Waals surface area contributed by atoms with Crippen molar-refractivity contribution in [1.82, 2.24) is 5.16 Å². The third-order valence-electron chi connectivity index (χ3n) is 5.49. The highest BCUT2D eigenvalue weighted by Crippen LogP contribution is 2.28. The molecule has 0 saturated heterocycles. The van der Waals surface area contributed by atoms with Gasteiger partial charge in [-0.25, -0.2) is 4.79 Å². The molecule has 7 heteroatoms. The molecule has 0 atom stereocenters. The Hall–Kier alpha value is -4.03. The third-order valence-corrected chi connectivity index (χ3v) is 5.81. The standard InChI is InChI=1S/C29H26ClNO5/c1-19(2)28-25(27(31-36-28)18-35-23-9-4-3-5-10-23)17-34-24-14-13-21(26(30)16-24)12-11-20-7-6-8-22(15-20)29(32)33/h3-16,19H,17-18H2,1-2H3,(H,32,33)/b12-11+. The van der Waals surface area contributed by atoms with Crippen LogP contribution < -0.4 is 9.47 Å². The van der Waals surface area contributed by atoms with E-state index < -0.39 is 5.97 Å². The molecule has 0 amide bonds. The first-order chi connectivity index (χ1) is 17.4. The summed E-state index contributed by atoms with van der Waals surface area (Å²) in [7, 11) is 0. The summed E-state index contributed by atoms with van der Waals surface area (Å²) in [5.74, 6) is 1.29. The maximum atomic E-state index is 11.2. The molecule has 1 aromatic heterocycles. The van der Waals surface area contributed by atoms with Crippen molar-refractivity contribution >= 4 is 29.7 Å². The van der Waals surface area contributed by atoms with Gasteiger partial charge < -0.3 is 19.1 Å². The average molecular weight is 504 g/mol. The molecule has 1 heterocycles. The minimum absolute atomic E-state index is 0.136. The zero-order valence-electron chi connectivity index (χ0n) is 20.0. The Kier molecular flexibility index (Phi) is 8.08. The molecular weight excluding hydrogens is 478 g/mol. The van der Waals surface area contributed by atoms with Crippen LogP contribution in [0.4, 0.5) is 0 Å². The molecule has 36 heavy (non-hydrogen) atoms. The number of rotatable bonds is 10. The minimum atomic E-state index is -0.965. The predicted molar refractivity (Wildman–Crippen MR) is 139 cm³/mol. The first-order valence-electron chi connectivity index (χ1n) is 11.5. The molecule has 0 bridgehead atoms. The van der Waals surface area contributed by atoms with E-state index in [0.717, 1.165) is 28.2 Å². The summed E-state index contributed by atoms with van der Waals surface area (Å²) in [4.78, 5) is 11.2. The summed E-state index contributed by atoms with van der Waals surface area (Å²) in [6.07, 6.45) is 3.65. The van der Waals surface area contributed by atoms with E-state index in [-0.39, 0.29) is 24.7 Å². The number of ether oxygens (including phenoxy) is 2. The van der Waals surface area contributed by atoms with E-state index in [0.29, 0.717) is 16.5 Å². The Labute approximate surface area is 214 Å². The number of carbonyl (C=O) groups is 1. The number of carboxylic acid groups (broad SMARTS) is 1. The third kappa shape index (κ3) is 6.34. The van der Waals surface area contributed by atoms with Gasteiger partial charge in [0.25, 0.3) is 0 Å². The van der Waals surface area contributed by atoms with Crippen molar-refractivity contribution in [2.75, 3.05) is 0 Å². The molecule has 0 fully saturated rings. The number of para-hydroxylation sites is 1. The first kappa shape index (κ1) is 25.1. The van der Waals surface area contributed by atoms with E-state index in [9.17, 15) is 4.79 Å². The monoisotopic (exact) mass is 503 g/mol. The summed E-state index contributed by atoms with van der Waals surface area (Å²) < 4.78 is 17.5. The number of benzene rings is 3. The number of carboxylic acids is 1. The normalized spacial score (nSPS) is 11.2. The van der Waals surface area contributed by atoms with Crippen LogP contribution >= 0.6 is 11.6 Å². The van der Waals surface area contributed by atoms with Crippen LogP contribution in [0.15, 0.2) is 77.3 Å². The van der Waals surface area contributed by atoms with E-state index in [1.807, 2.05) is 74.5 Å². The lowest BCUT2D eigenvalue weighted by Gasteiger charge is -2.11. The van der Waals surface area contributed by atoms with E-state index in [2.05, 4.69) is 5.16 Å². The average Bonchev–Trinajstić information content (AvgIpc) is 3.29. The van der Waals surface area contributed by atoms with Crippen LogP contribution in [0.3, 0.4) is 0 Å². The number of aromatic carboxylic acids is 1. The van der Waals surface area contributed by atoms with Gasteiger partial charge >= 0.3 is 5.97 Å². The lowest BCUT2D eigenvalue weighted by atomic mass is 10.1. The molecule has 0 aliphatic heterocycles. The van der Waals surface area contributed by atoms with Crippen LogP contribution in [-0.2, 0) is 13.2 Å². The molecule has 4 rings (SSSR count). The lowest BCUT2D eigenvalue weighted by molar-refractivity contribution is 0.0697. The molecule has 184 valence electrons. The van der Waals surface area contributed by atoms with Crippen LogP contribution in [0, 0.1) is 0 Å². The molecule has 4 aromatic rings. The highest BCUT2D eigenvalue weighted by Gasteiger charge is 2.20. The lowest BCUT2D eigenvalue weighted by Crippen LogP contribution is -2.05. The highest BCUT2D eigenvalue weighted by molar-refractivity contribution is 6.32. The van der Waals surface area contributed by atoms with Gasteiger partial charge in [0.05, 0.1) is 16.1 Å². The largest absolute Gasteiger partial charge is 0.489 e. The Bertz CT molecular complexity index is 1360. The van der Waals surface area contributed by atoms with Crippen molar-refractivity contribution in [2.24, 2.45) is 0 Å². The Balaban J connectivity index is 1.45. The Morgan fingerprint density at radius 3 is 2.47 bits per heavy atom. The summed E-state index contributed by atoms with van der Waals surface area (Å²) in [6.45, 7) is 4.61. The predicted octanol–water partition coefficient (Wildman–Crippen LogP) is 7.48. The Morgan fingerprint density at radius 1 is 0.972 bits per heavy atom.